The topological polar surface area (TPSA) is 12.0 Å². The second-order valence-electron chi connectivity index (χ2n) is 5.39. The summed E-state index contributed by atoms with van der Waals surface area (Å²) in [4.78, 5) is 0. The third-order valence-corrected chi connectivity index (χ3v) is 4.47. The van der Waals surface area contributed by atoms with Crippen molar-refractivity contribution in [3.63, 3.8) is 0 Å². The van der Waals surface area contributed by atoms with E-state index < -0.39 is 0 Å². The number of piperidine rings is 1. The highest BCUT2D eigenvalue weighted by Crippen LogP contribution is 2.37. The number of halogens is 1. The van der Waals surface area contributed by atoms with Crippen molar-refractivity contribution in [3.8, 4) is 0 Å². The molecule has 0 bridgehead atoms. The zero-order chi connectivity index (χ0) is 13.0. The van der Waals surface area contributed by atoms with Crippen LogP contribution in [-0.4, -0.2) is 13.1 Å². The van der Waals surface area contributed by atoms with Crippen LogP contribution < -0.4 is 5.32 Å². The molecule has 1 aliphatic heterocycles. The maximum atomic E-state index is 13.4. The second kappa shape index (κ2) is 6.33. The highest BCUT2D eigenvalue weighted by Gasteiger charge is 2.31. The van der Waals surface area contributed by atoms with Gasteiger partial charge in [-0.15, -0.1) is 0 Å². The summed E-state index contributed by atoms with van der Waals surface area (Å²) < 4.78 is 13.4. The minimum Gasteiger partial charge on any atom is -0.316 e. The van der Waals surface area contributed by atoms with Gasteiger partial charge >= 0.3 is 0 Å². The van der Waals surface area contributed by atoms with E-state index in [2.05, 4.69) is 25.2 Å². The van der Waals surface area contributed by atoms with Gasteiger partial charge in [0.2, 0.25) is 0 Å². The first-order valence-corrected chi connectivity index (χ1v) is 7.22. The molecule has 1 aliphatic rings. The fraction of sp³-hybridized carbons (Fsp3) is 0.625. The second-order valence-corrected chi connectivity index (χ2v) is 5.39. The van der Waals surface area contributed by atoms with E-state index in [0.717, 1.165) is 19.0 Å². The maximum absolute atomic E-state index is 13.4. The Morgan fingerprint density at radius 3 is 2.78 bits per heavy atom. The van der Waals surface area contributed by atoms with Crippen molar-refractivity contribution in [1.82, 2.24) is 5.32 Å². The summed E-state index contributed by atoms with van der Waals surface area (Å²) in [7, 11) is 0. The third-order valence-electron chi connectivity index (χ3n) is 4.47. The number of hydrogen-bond acceptors (Lipinski definition) is 1. The molecule has 1 heterocycles. The molecule has 0 amide bonds. The van der Waals surface area contributed by atoms with Crippen LogP contribution in [0, 0.1) is 17.7 Å². The third kappa shape index (κ3) is 2.92. The van der Waals surface area contributed by atoms with Crippen LogP contribution in [0.3, 0.4) is 0 Å². The van der Waals surface area contributed by atoms with Crippen molar-refractivity contribution in [2.75, 3.05) is 13.1 Å². The van der Waals surface area contributed by atoms with E-state index in [9.17, 15) is 4.39 Å². The van der Waals surface area contributed by atoms with Gasteiger partial charge in [0.25, 0.3) is 0 Å². The molecule has 0 spiro atoms. The van der Waals surface area contributed by atoms with Crippen LogP contribution in [0.15, 0.2) is 24.3 Å². The number of nitrogens with one attached hydrogen (secondary N) is 1. The van der Waals surface area contributed by atoms with Gasteiger partial charge in [-0.1, -0.05) is 38.8 Å². The van der Waals surface area contributed by atoms with Crippen LogP contribution in [0.25, 0.3) is 0 Å². The van der Waals surface area contributed by atoms with Crippen molar-refractivity contribution in [2.45, 2.75) is 39.0 Å². The lowest BCUT2D eigenvalue weighted by molar-refractivity contribution is 0.213. The van der Waals surface area contributed by atoms with Gasteiger partial charge in [-0.05, 0) is 48.4 Å². The first-order chi connectivity index (χ1) is 8.76. The molecule has 0 aromatic heterocycles. The highest BCUT2D eigenvalue weighted by molar-refractivity contribution is 5.23. The molecule has 1 aromatic rings. The molecule has 18 heavy (non-hydrogen) atoms. The van der Waals surface area contributed by atoms with Gasteiger partial charge in [-0.2, -0.15) is 0 Å². The van der Waals surface area contributed by atoms with Gasteiger partial charge in [-0.25, -0.2) is 4.39 Å². The Morgan fingerprint density at radius 2 is 2.11 bits per heavy atom. The molecular formula is C16H24FN. The quantitative estimate of drug-likeness (QED) is 0.852. The molecule has 1 nitrogen and oxygen atoms in total. The Balaban J connectivity index is 2.22. The Morgan fingerprint density at radius 1 is 1.33 bits per heavy atom. The molecule has 0 aliphatic carbocycles. The smallest absolute Gasteiger partial charge is 0.123 e. The summed E-state index contributed by atoms with van der Waals surface area (Å²) in [5.74, 6) is 1.82. The zero-order valence-corrected chi connectivity index (χ0v) is 11.5. The number of benzene rings is 1. The van der Waals surface area contributed by atoms with Crippen LogP contribution in [-0.2, 0) is 0 Å². The Bertz CT molecular complexity index is 373. The molecule has 2 heteroatoms. The zero-order valence-electron chi connectivity index (χ0n) is 11.5. The van der Waals surface area contributed by atoms with Crippen molar-refractivity contribution in [3.05, 3.63) is 35.6 Å². The van der Waals surface area contributed by atoms with Crippen LogP contribution in [0.2, 0.25) is 0 Å². The standard InChI is InChI=1S/C16H24FN/c1-3-12(4-2)15-8-9-18-11-16(15)13-6-5-7-14(17)10-13/h5-7,10,12,15-16,18H,3-4,8-9,11H2,1-2H3. The molecular weight excluding hydrogens is 225 g/mol. The fourth-order valence-corrected chi connectivity index (χ4v) is 3.44. The molecule has 1 N–H and O–H groups in total. The van der Waals surface area contributed by atoms with E-state index in [4.69, 9.17) is 0 Å². The summed E-state index contributed by atoms with van der Waals surface area (Å²) in [6, 6.07) is 7.16. The van der Waals surface area contributed by atoms with Crippen molar-refractivity contribution in [1.29, 1.82) is 0 Å². The minimum atomic E-state index is -0.110. The first-order valence-electron chi connectivity index (χ1n) is 7.22. The van der Waals surface area contributed by atoms with Crippen LogP contribution in [0.1, 0.15) is 44.6 Å². The Hall–Kier alpha value is -0.890. The van der Waals surface area contributed by atoms with Gasteiger partial charge in [0.1, 0.15) is 5.82 Å². The van der Waals surface area contributed by atoms with Gasteiger partial charge in [0, 0.05) is 6.54 Å². The predicted octanol–water partition coefficient (Wildman–Crippen LogP) is 3.96. The predicted molar refractivity (Wildman–Crippen MR) is 74.2 cm³/mol. The van der Waals surface area contributed by atoms with Crippen molar-refractivity contribution >= 4 is 0 Å². The van der Waals surface area contributed by atoms with Crippen LogP contribution >= 0.6 is 0 Å². The normalized spacial score (nSPS) is 24.4. The van der Waals surface area contributed by atoms with E-state index in [1.54, 1.807) is 6.07 Å². The molecule has 1 saturated heterocycles. The molecule has 1 fully saturated rings. The maximum Gasteiger partial charge on any atom is 0.123 e. The van der Waals surface area contributed by atoms with Gasteiger partial charge in [0.05, 0.1) is 0 Å². The molecule has 0 saturated carbocycles. The summed E-state index contributed by atoms with van der Waals surface area (Å²) in [5, 5.41) is 3.46. The fourth-order valence-electron chi connectivity index (χ4n) is 3.44. The summed E-state index contributed by atoms with van der Waals surface area (Å²) >= 11 is 0. The molecule has 100 valence electrons. The van der Waals surface area contributed by atoms with Crippen LogP contribution in [0.4, 0.5) is 4.39 Å². The lowest BCUT2D eigenvalue weighted by Crippen LogP contribution is -2.38. The molecule has 2 unspecified atom stereocenters. The molecule has 2 rings (SSSR count). The lowest BCUT2D eigenvalue weighted by Gasteiger charge is -2.37. The first kappa shape index (κ1) is 13.5. The highest BCUT2D eigenvalue weighted by atomic mass is 19.1. The number of rotatable bonds is 4. The monoisotopic (exact) mass is 249 g/mol. The summed E-state index contributed by atoms with van der Waals surface area (Å²) in [5.41, 5.74) is 1.17. The lowest BCUT2D eigenvalue weighted by atomic mass is 9.72. The van der Waals surface area contributed by atoms with Gasteiger partial charge < -0.3 is 5.32 Å². The van der Waals surface area contributed by atoms with Crippen molar-refractivity contribution < 1.29 is 4.39 Å². The SMILES string of the molecule is CCC(CC)C1CCNCC1c1cccc(F)c1. The molecule has 1 aromatic carbocycles. The van der Waals surface area contributed by atoms with E-state index in [1.165, 1.54) is 30.9 Å². The summed E-state index contributed by atoms with van der Waals surface area (Å²) in [6.07, 6.45) is 3.67. The van der Waals surface area contributed by atoms with E-state index in [0.29, 0.717) is 11.8 Å². The largest absolute Gasteiger partial charge is 0.316 e. The van der Waals surface area contributed by atoms with Gasteiger partial charge in [-0.3, -0.25) is 0 Å². The molecule has 2 atom stereocenters. The Kier molecular flexibility index (Phi) is 4.76. The summed E-state index contributed by atoms with van der Waals surface area (Å²) in [6.45, 7) is 6.65. The van der Waals surface area contributed by atoms with E-state index in [-0.39, 0.29) is 5.82 Å². The van der Waals surface area contributed by atoms with Crippen LogP contribution in [0.5, 0.6) is 0 Å². The Labute approximate surface area is 110 Å². The minimum absolute atomic E-state index is 0.110. The van der Waals surface area contributed by atoms with Gasteiger partial charge in [0.15, 0.2) is 0 Å². The number of hydrogen-bond donors (Lipinski definition) is 1. The average molecular weight is 249 g/mol. The van der Waals surface area contributed by atoms with Crippen molar-refractivity contribution in [2.24, 2.45) is 11.8 Å². The molecule has 0 radical (unpaired) electrons. The van der Waals surface area contributed by atoms with E-state index in [1.807, 2.05) is 6.07 Å². The van der Waals surface area contributed by atoms with E-state index >= 15 is 0 Å². The average Bonchev–Trinajstić information content (AvgIpc) is 2.41.